The van der Waals surface area contributed by atoms with E-state index in [9.17, 15) is 19.5 Å². The van der Waals surface area contributed by atoms with Crippen molar-refractivity contribution in [3.05, 3.63) is 28.2 Å². The number of aromatic hydroxyl groups is 1. The van der Waals surface area contributed by atoms with Crippen molar-refractivity contribution in [2.45, 2.75) is 13.5 Å². The summed E-state index contributed by atoms with van der Waals surface area (Å²) in [7, 11) is 0. The minimum Gasteiger partial charge on any atom is -0.507 e. The molecular weight excluding hydrogens is 202 g/mol. The second-order valence-corrected chi connectivity index (χ2v) is 2.96. The third-order valence-corrected chi connectivity index (χ3v) is 1.80. The SMILES string of the molecule is CC(=O)c1c(O)ccn(CC(=O)O)c1=O. The van der Waals surface area contributed by atoms with Crippen molar-refractivity contribution in [3.63, 3.8) is 0 Å². The minimum absolute atomic E-state index is 0.390. The van der Waals surface area contributed by atoms with Crippen LogP contribution in [0.5, 0.6) is 5.75 Å². The van der Waals surface area contributed by atoms with Gasteiger partial charge in [0, 0.05) is 6.20 Å². The third-order valence-electron chi connectivity index (χ3n) is 1.80. The number of carbonyl (C=O) groups is 2. The molecule has 0 saturated heterocycles. The number of pyridine rings is 1. The van der Waals surface area contributed by atoms with E-state index >= 15 is 0 Å². The van der Waals surface area contributed by atoms with Gasteiger partial charge in [0.2, 0.25) is 0 Å². The van der Waals surface area contributed by atoms with Crippen molar-refractivity contribution in [3.8, 4) is 5.75 Å². The Morgan fingerprint density at radius 1 is 1.47 bits per heavy atom. The highest BCUT2D eigenvalue weighted by Crippen LogP contribution is 2.11. The quantitative estimate of drug-likeness (QED) is 0.677. The molecule has 0 aliphatic carbocycles. The smallest absolute Gasteiger partial charge is 0.323 e. The first-order valence-electron chi connectivity index (χ1n) is 4.08. The van der Waals surface area contributed by atoms with Crippen LogP contribution in [0.2, 0.25) is 0 Å². The summed E-state index contributed by atoms with van der Waals surface area (Å²) >= 11 is 0. The van der Waals surface area contributed by atoms with Crippen molar-refractivity contribution >= 4 is 11.8 Å². The van der Waals surface area contributed by atoms with Crippen molar-refractivity contribution in [1.82, 2.24) is 4.57 Å². The fourth-order valence-electron chi connectivity index (χ4n) is 1.17. The normalized spacial score (nSPS) is 9.93. The van der Waals surface area contributed by atoms with E-state index in [4.69, 9.17) is 5.11 Å². The molecule has 15 heavy (non-hydrogen) atoms. The predicted molar refractivity (Wildman–Crippen MR) is 50.0 cm³/mol. The first kappa shape index (κ1) is 11.0. The Hall–Kier alpha value is -2.11. The van der Waals surface area contributed by atoms with Crippen LogP contribution in [0.15, 0.2) is 17.1 Å². The maximum atomic E-state index is 11.5. The number of carboxylic acid groups (broad SMARTS) is 1. The van der Waals surface area contributed by atoms with Gasteiger partial charge in [0.25, 0.3) is 5.56 Å². The molecule has 1 rings (SSSR count). The van der Waals surface area contributed by atoms with Crippen LogP contribution in [-0.4, -0.2) is 26.5 Å². The van der Waals surface area contributed by atoms with Crippen LogP contribution in [0.25, 0.3) is 0 Å². The Morgan fingerprint density at radius 3 is 2.53 bits per heavy atom. The molecule has 1 heterocycles. The first-order valence-corrected chi connectivity index (χ1v) is 4.08. The summed E-state index contributed by atoms with van der Waals surface area (Å²) in [6.07, 6.45) is 1.12. The molecule has 0 atom stereocenters. The van der Waals surface area contributed by atoms with E-state index in [-0.39, 0.29) is 0 Å². The number of aliphatic carboxylic acids is 1. The highest BCUT2D eigenvalue weighted by molar-refractivity contribution is 5.96. The zero-order valence-corrected chi connectivity index (χ0v) is 7.93. The van der Waals surface area contributed by atoms with Crippen LogP contribution in [-0.2, 0) is 11.3 Å². The molecule has 1 aromatic heterocycles. The summed E-state index contributed by atoms with van der Waals surface area (Å²) < 4.78 is 0.846. The van der Waals surface area contributed by atoms with Crippen LogP contribution in [0.1, 0.15) is 17.3 Å². The standard InChI is InChI=1S/C9H9NO5/c1-5(11)8-6(12)2-3-10(9(8)15)4-7(13)14/h2-3,12H,4H2,1H3,(H,13,14). The van der Waals surface area contributed by atoms with Gasteiger partial charge in [0.1, 0.15) is 17.9 Å². The second-order valence-electron chi connectivity index (χ2n) is 2.96. The number of carboxylic acids is 1. The Bertz CT molecular complexity index is 474. The van der Waals surface area contributed by atoms with Gasteiger partial charge in [-0.15, -0.1) is 0 Å². The number of nitrogens with zero attached hydrogens (tertiary/aromatic N) is 1. The summed E-state index contributed by atoms with van der Waals surface area (Å²) in [6.45, 7) is 0.584. The van der Waals surface area contributed by atoms with Crippen LogP contribution >= 0.6 is 0 Å². The van der Waals surface area contributed by atoms with Crippen LogP contribution in [0, 0.1) is 0 Å². The van der Waals surface area contributed by atoms with E-state index in [2.05, 4.69) is 0 Å². The van der Waals surface area contributed by atoms with E-state index in [1.54, 1.807) is 0 Å². The monoisotopic (exact) mass is 211 g/mol. The molecule has 0 aromatic carbocycles. The lowest BCUT2D eigenvalue weighted by atomic mass is 10.2. The summed E-state index contributed by atoms with van der Waals surface area (Å²) in [5, 5.41) is 17.7. The van der Waals surface area contributed by atoms with Gasteiger partial charge in [-0.2, -0.15) is 0 Å². The van der Waals surface area contributed by atoms with Gasteiger partial charge in [0.15, 0.2) is 5.78 Å². The Labute approximate surface area is 84.4 Å². The molecule has 1 aromatic rings. The maximum absolute atomic E-state index is 11.5. The predicted octanol–water partition coefficient (Wildman–Crippen LogP) is -0.159. The number of Topliss-reactive ketones (excluding diaryl/α,β-unsaturated/α-hetero) is 1. The Kier molecular flexibility index (Phi) is 2.89. The Balaban J connectivity index is 3.35. The Morgan fingerprint density at radius 2 is 2.07 bits per heavy atom. The van der Waals surface area contributed by atoms with Crippen molar-refractivity contribution < 1.29 is 19.8 Å². The lowest BCUT2D eigenvalue weighted by Crippen LogP contribution is -2.27. The van der Waals surface area contributed by atoms with E-state index in [1.807, 2.05) is 0 Å². The van der Waals surface area contributed by atoms with Gasteiger partial charge >= 0.3 is 5.97 Å². The molecule has 6 heteroatoms. The summed E-state index contributed by atoms with van der Waals surface area (Å²) in [4.78, 5) is 32.9. The molecular formula is C9H9NO5. The molecule has 2 N–H and O–H groups in total. The molecule has 0 saturated carbocycles. The number of aromatic nitrogens is 1. The largest absolute Gasteiger partial charge is 0.507 e. The molecule has 80 valence electrons. The average Bonchev–Trinajstić information content (AvgIpc) is 2.09. The molecule has 0 amide bonds. The van der Waals surface area contributed by atoms with Gasteiger partial charge < -0.3 is 14.8 Å². The third kappa shape index (κ3) is 2.22. The van der Waals surface area contributed by atoms with Crippen molar-refractivity contribution in [2.75, 3.05) is 0 Å². The van der Waals surface area contributed by atoms with Gasteiger partial charge in [-0.1, -0.05) is 0 Å². The molecule has 0 unspecified atom stereocenters. The van der Waals surface area contributed by atoms with Crippen LogP contribution in [0.3, 0.4) is 0 Å². The topological polar surface area (TPSA) is 96.6 Å². The summed E-state index contributed by atoms with van der Waals surface area (Å²) in [5.41, 5.74) is -1.19. The summed E-state index contributed by atoms with van der Waals surface area (Å²) in [5.74, 6) is -2.23. The van der Waals surface area contributed by atoms with E-state index in [0.29, 0.717) is 0 Å². The van der Waals surface area contributed by atoms with Crippen LogP contribution < -0.4 is 5.56 Å². The summed E-state index contributed by atoms with van der Waals surface area (Å²) in [6, 6.07) is 1.11. The van der Waals surface area contributed by atoms with Gasteiger partial charge in [0.05, 0.1) is 0 Å². The average molecular weight is 211 g/mol. The lowest BCUT2D eigenvalue weighted by Gasteiger charge is -2.05. The molecule has 0 aliphatic heterocycles. The number of rotatable bonds is 3. The van der Waals surface area contributed by atoms with Gasteiger partial charge in [-0.25, -0.2) is 0 Å². The van der Waals surface area contributed by atoms with Crippen molar-refractivity contribution in [2.24, 2.45) is 0 Å². The maximum Gasteiger partial charge on any atom is 0.323 e. The van der Waals surface area contributed by atoms with Gasteiger partial charge in [-0.05, 0) is 13.0 Å². The second kappa shape index (κ2) is 3.95. The molecule has 0 spiro atoms. The molecule has 0 bridgehead atoms. The molecule has 0 aliphatic rings. The van der Waals surface area contributed by atoms with E-state index < -0.39 is 35.2 Å². The number of ketones is 1. The fraction of sp³-hybridized carbons (Fsp3) is 0.222. The van der Waals surface area contributed by atoms with E-state index in [0.717, 1.165) is 23.8 Å². The minimum atomic E-state index is -1.20. The van der Waals surface area contributed by atoms with E-state index in [1.165, 1.54) is 0 Å². The molecule has 0 radical (unpaired) electrons. The van der Waals surface area contributed by atoms with Crippen molar-refractivity contribution in [1.29, 1.82) is 0 Å². The zero-order valence-electron chi connectivity index (χ0n) is 7.93. The molecule has 0 fully saturated rings. The zero-order chi connectivity index (χ0) is 11.6. The number of hydrogen-bond donors (Lipinski definition) is 2. The van der Waals surface area contributed by atoms with Gasteiger partial charge in [-0.3, -0.25) is 14.4 Å². The molecule has 6 nitrogen and oxygen atoms in total. The lowest BCUT2D eigenvalue weighted by molar-refractivity contribution is -0.137. The highest BCUT2D eigenvalue weighted by Gasteiger charge is 2.14. The highest BCUT2D eigenvalue weighted by atomic mass is 16.4. The number of carbonyl (C=O) groups excluding carboxylic acids is 1. The fourth-order valence-corrected chi connectivity index (χ4v) is 1.17. The van der Waals surface area contributed by atoms with Crippen LogP contribution in [0.4, 0.5) is 0 Å². The first-order chi connectivity index (χ1) is 6.93. The number of hydrogen-bond acceptors (Lipinski definition) is 4.